The van der Waals surface area contributed by atoms with Crippen LogP contribution in [0.1, 0.15) is 23.0 Å². The van der Waals surface area contributed by atoms with Crippen molar-refractivity contribution < 1.29 is 22.0 Å². The molecule has 11 heteroatoms. The monoisotopic (exact) mass is 409 g/mol. The van der Waals surface area contributed by atoms with Gasteiger partial charge >= 0.3 is 0 Å². The van der Waals surface area contributed by atoms with Crippen LogP contribution in [0, 0.1) is 17.0 Å². The molecule has 0 radical (unpaired) electrons. The number of guanidine groups is 1. The highest BCUT2D eigenvalue weighted by molar-refractivity contribution is 7.89. The Balaban J connectivity index is 2.00. The molecule has 0 spiro atoms. The second-order valence-corrected chi connectivity index (χ2v) is 8.51. The van der Waals surface area contributed by atoms with Gasteiger partial charge in [0.2, 0.25) is 16.0 Å². The zero-order chi connectivity index (χ0) is 20.7. The number of amides is 1. The van der Waals surface area contributed by atoms with E-state index in [9.17, 15) is 22.0 Å². The summed E-state index contributed by atoms with van der Waals surface area (Å²) < 4.78 is 54.0. The van der Waals surface area contributed by atoms with Crippen LogP contribution >= 0.6 is 0 Å². The van der Waals surface area contributed by atoms with Crippen LogP contribution in [0.4, 0.5) is 14.5 Å². The minimum absolute atomic E-state index is 0.0285. The summed E-state index contributed by atoms with van der Waals surface area (Å²) in [5, 5.41) is 12.7. The molecule has 0 bridgehead atoms. The zero-order valence-corrected chi connectivity index (χ0v) is 15.8. The van der Waals surface area contributed by atoms with Gasteiger partial charge in [0, 0.05) is 24.9 Å². The minimum atomic E-state index is -3.88. The number of halogens is 2. The van der Waals surface area contributed by atoms with Crippen molar-refractivity contribution in [1.29, 1.82) is 5.41 Å². The van der Waals surface area contributed by atoms with Gasteiger partial charge in [0.15, 0.2) is 0 Å². The average molecular weight is 409 g/mol. The maximum absolute atomic E-state index is 14.5. The van der Waals surface area contributed by atoms with Crippen molar-refractivity contribution in [3.63, 3.8) is 0 Å². The van der Waals surface area contributed by atoms with E-state index in [0.717, 1.165) is 10.4 Å². The number of nitrogens with one attached hydrogen (secondary N) is 3. The Morgan fingerprint density at radius 1 is 1.32 bits per heavy atom. The highest BCUT2D eigenvalue weighted by Gasteiger charge is 2.43. The van der Waals surface area contributed by atoms with Gasteiger partial charge in [0.05, 0.1) is 17.0 Å². The Morgan fingerprint density at radius 3 is 2.64 bits per heavy atom. The fourth-order valence-corrected chi connectivity index (χ4v) is 4.35. The minimum Gasteiger partial charge on any atom is -0.345 e. The van der Waals surface area contributed by atoms with Gasteiger partial charge in [0.1, 0.15) is 17.3 Å². The van der Waals surface area contributed by atoms with Crippen LogP contribution in [0.2, 0.25) is 0 Å². The molecule has 0 unspecified atom stereocenters. The SMILES string of the molecule is CN1C(=N)N[C@](C)(c2cc(NC(=O)c3ccccn3)c(F)cc2F)CS1(=O)=O. The topological polar surface area (TPSA) is 115 Å². The number of nitrogens with zero attached hydrogens (tertiary/aromatic N) is 2. The van der Waals surface area contributed by atoms with E-state index < -0.39 is 44.8 Å². The molecule has 1 amide bonds. The number of carbonyl (C=O) groups is 1. The average Bonchev–Trinajstić information content (AvgIpc) is 2.62. The van der Waals surface area contributed by atoms with E-state index in [2.05, 4.69) is 15.6 Å². The summed E-state index contributed by atoms with van der Waals surface area (Å²) in [4.78, 5) is 16.1. The standard InChI is InChI=1S/C17H17F2N5O3S/c1-17(9-28(26,27)24(2)16(20)23-17)10-7-14(12(19)8-11(10)18)22-15(25)13-5-3-4-6-21-13/h3-8H,9H2,1-2H3,(H2,20,23)(H,22,25)/t17-/m0/s1. The quantitative estimate of drug-likeness (QED) is 0.713. The second-order valence-electron chi connectivity index (χ2n) is 6.51. The van der Waals surface area contributed by atoms with E-state index in [0.29, 0.717) is 6.07 Å². The Hall–Kier alpha value is -3.08. The summed E-state index contributed by atoms with van der Waals surface area (Å²) in [5.74, 6) is -3.75. The largest absolute Gasteiger partial charge is 0.345 e. The van der Waals surface area contributed by atoms with Gasteiger partial charge in [-0.1, -0.05) is 6.07 Å². The normalized spacial score (nSPS) is 21.1. The first-order valence-corrected chi connectivity index (χ1v) is 9.70. The molecule has 8 nitrogen and oxygen atoms in total. The van der Waals surface area contributed by atoms with Crippen LogP contribution < -0.4 is 10.6 Å². The molecule has 1 aliphatic rings. The smallest absolute Gasteiger partial charge is 0.274 e. The molecule has 0 saturated carbocycles. The molecule has 0 aliphatic carbocycles. The van der Waals surface area contributed by atoms with E-state index in [1.54, 1.807) is 12.1 Å². The van der Waals surface area contributed by atoms with Gasteiger partial charge in [-0.15, -0.1) is 0 Å². The maximum Gasteiger partial charge on any atom is 0.274 e. The van der Waals surface area contributed by atoms with Gasteiger partial charge < -0.3 is 10.6 Å². The molecule has 1 atom stereocenters. The van der Waals surface area contributed by atoms with Crippen LogP contribution in [0.25, 0.3) is 0 Å². The van der Waals surface area contributed by atoms with E-state index in [1.807, 2.05) is 0 Å². The van der Waals surface area contributed by atoms with Gasteiger partial charge in [-0.3, -0.25) is 15.2 Å². The zero-order valence-electron chi connectivity index (χ0n) is 15.0. The van der Waals surface area contributed by atoms with Gasteiger partial charge in [-0.25, -0.2) is 21.5 Å². The second kappa shape index (κ2) is 6.82. The summed E-state index contributed by atoms with van der Waals surface area (Å²) in [6.07, 6.45) is 1.39. The number of benzene rings is 1. The lowest BCUT2D eigenvalue weighted by Gasteiger charge is -2.40. The lowest BCUT2D eigenvalue weighted by Crippen LogP contribution is -2.61. The summed E-state index contributed by atoms with van der Waals surface area (Å²) in [7, 11) is -2.69. The molecule has 3 rings (SSSR count). The summed E-state index contributed by atoms with van der Waals surface area (Å²) in [6.45, 7) is 1.38. The number of rotatable bonds is 3. The first kappa shape index (κ1) is 19.7. The number of carbonyl (C=O) groups excluding carboxylic acids is 1. The van der Waals surface area contributed by atoms with Gasteiger partial charge in [-0.05, 0) is 25.1 Å². The number of anilines is 1. The van der Waals surface area contributed by atoms with Crippen molar-refractivity contribution in [2.75, 3.05) is 18.1 Å². The van der Waals surface area contributed by atoms with Crippen LogP contribution in [0.15, 0.2) is 36.5 Å². The molecule has 1 aliphatic heterocycles. The molecule has 1 fully saturated rings. The Bertz CT molecular complexity index is 1060. The third kappa shape index (κ3) is 3.52. The lowest BCUT2D eigenvalue weighted by molar-refractivity contribution is 0.102. The molecule has 1 saturated heterocycles. The van der Waals surface area contributed by atoms with Gasteiger partial charge in [0.25, 0.3) is 5.91 Å². The fourth-order valence-electron chi connectivity index (χ4n) is 2.87. The lowest BCUT2D eigenvalue weighted by atomic mass is 9.92. The maximum atomic E-state index is 14.5. The van der Waals surface area contributed by atoms with Crippen molar-refractivity contribution in [3.05, 3.63) is 59.4 Å². The highest BCUT2D eigenvalue weighted by atomic mass is 32.2. The van der Waals surface area contributed by atoms with Crippen molar-refractivity contribution in [2.24, 2.45) is 0 Å². The highest BCUT2D eigenvalue weighted by Crippen LogP contribution is 2.32. The van der Waals surface area contributed by atoms with E-state index in [-0.39, 0.29) is 16.9 Å². The van der Waals surface area contributed by atoms with Crippen molar-refractivity contribution in [3.8, 4) is 0 Å². The predicted molar refractivity (Wildman–Crippen MR) is 98.3 cm³/mol. The van der Waals surface area contributed by atoms with Crippen LogP contribution in [-0.2, 0) is 15.6 Å². The molecule has 2 heterocycles. The van der Waals surface area contributed by atoms with Crippen molar-refractivity contribution in [2.45, 2.75) is 12.5 Å². The van der Waals surface area contributed by atoms with E-state index >= 15 is 0 Å². The Kier molecular flexibility index (Phi) is 4.79. The number of pyridine rings is 1. The van der Waals surface area contributed by atoms with Crippen molar-refractivity contribution in [1.82, 2.24) is 14.6 Å². The van der Waals surface area contributed by atoms with E-state index in [1.165, 1.54) is 26.2 Å². The number of hydrogen-bond acceptors (Lipinski definition) is 5. The Labute approximate surface area is 160 Å². The number of sulfonamides is 1. The molecule has 28 heavy (non-hydrogen) atoms. The summed E-state index contributed by atoms with van der Waals surface area (Å²) in [5.41, 5.74) is -2.05. The van der Waals surface area contributed by atoms with Crippen molar-refractivity contribution >= 4 is 27.6 Å². The molecular formula is C17H17F2N5O3S. The number of aromatic nitrogens is 1. The summed E-state index contributed by atoms with van der Waals surface area (Å²) in [6, 6.07) is 6.19. The molecule has 1 aromatic carbocycles. The summed E-state index contributed by atoms with van der Waals surface area (Å²) >= 11 is 0. The Morgan fingerprint density at radius 2 is 2.04 bits per heavy atom. The molecular weight excluding hydrogens is 392 g/mol. The molecule has 148 valence electrons. The van der Waals surface area contributed by atoms with Crippen LogP contribution in [0.5, 0.6) is 0 Å². The predicted octanol–water partition coefficient (Wildman–Crippen LogP) is 1.63. The van der Waals surface area contributed by atoms with Crippen LogP contribution in [0.3, 0.4) is 0 Å². The first-order valence-electron chi connectivity index (χ1n) is 8.09. The fraction of sp³-hybridized carbons (Fsp3) is 0.235. The third-order valence-corrected chi connectivity index (χ3v) is 6.35. The number of hydrogen-bond donors (Lipinski definition) is 3. The molecule has 3 N–H and O–H groups in total. The van der Waals surface area contributed by atoms with E-state index in [4.69, 9.17) is 5.41 Å². The van der Waals surface area contributed by atoms with Gasteiger partial charge in [-0.2, -0.15) is 0 Å². The third-order valence-electron chi connectivity index (χ3n) is 4.39. The molecule has 2 aromatic rings. The molecule has 1 aromatic heterocycles. The first-order chi connectivity index (χ1) is 13.0. The van der Waals surface area contributed by atoms with Crippen LogP contribution in [-0.4, -0.2) is 42.4 Å².